The van der Waals surface area contributed by atoms with E-state index in [0.717, 1.165) is 28.1 Å². The van der Waals surface area contributed by atoms with Crippen molar-refractivity contribution in [2.45, 2.75) is 50.5 Å². The Balaban J connectivity index is 1.56. The molecule has 1 aliphatic carbocycles. The van der Waals surface area contributed by atoms with Crippen LogP contribution in [0.1, 0.15) is 54.1 Å². The fourth-order valence-electron chi connectivity index (χ4n) is 4.23. The number of hydrogen-bond donors (Lipinski definition) is 1. The lowest BCUT2D eigenvalue weighted by molar-refractivity contribution is -0.114. The molecule has 1 aliphatic heterocycles. The third kappa shape index (κ3) is 4.31. The van der Waals surface area contributed by atoms with Crippen LogP contribution in [0.3, 0.4) is 0 Å². The van der Waals surface area contributed by atoms with Gasteiger partial charge in [0.2, 0.25) is 0 Å². The van der Waals surface area contributed by atoms with Crippen LogP contribution in [0.4, 0.5) is 5.69 Å². The zero-order valence-electron chi connectivity index (χ0n) is 17.8. The van der Waals surface area contributed by atoms with Crippen LogP contribution in [-0.4, -0.2) is 24.9 Å². The lowest BCUT2D eigenvalue weighted by atomic mass is 9.86. The zero-order chi connectivity index (χ0) is 21.3. The van der Waals surface area contributed by atoms with Crippen molar-refractivity contribution in [1.29, 1.82) is 0 Å². The third-order valence-electron chi connectivity index (χ3n) is 6.09. The molecule has 0 aromatic heterocycles. The summed E-state index contributed by atoms with van der Waals surface area (Å²) in [5.74, 6) is 0.408. The molecule has 0 saturated heterocycles. The van der Waals surface area contributed by atoms with Gasteiger partial charge in [-0.25, -0.2) is 0 Å². The molecular weight excluding hydrogens is 392 g/mol. The van der Waals surface area contributed by atoms with Crippen LogP contribution in [-0.2, 0) is 4.79 Å². The van der Waals surface area contributed by atoms with Crippen molar-refractivity contribution in [3.63, 3.8) is 0 Å². The highest BCUT2D eigenvalue weighted by atomic mass is 32.2. The summed E-state index contributed by atoms with van der Waals surface area (Å²) in [7, 11) is 1.77. The van der Waals surface area contributed by atoms with Gasteiger partial charge in [-0.15, -0.1) is 0 Å². The maximum absolute atomic E-state index is 13.0. The number of benzene rings is 2. The first-order valence-electron chi connectivity index (χ1n) is 10.6. The first kappa shape index (κ1) is 20.7. The number of nitrogens with zero attached hydrogens (tertiary/aromatic N) is 1. The van der Waals surface area contributed by atoms with Crippen molar-refractivity contribution in [2.24, 2.45) is 5.92 Å². The number of thioether (sulfide) groups is 1. The van der Waals surface area contributed by atoms with Gasteiger partial charge in [-0.1, -0.05) is 61.4 Å². The largest absolute Gasteiger partial charge is 0.349 e. The van der Waals surface area contributed by atoms with Gasteiger partial charge in [0.1, 0.15) is 0 Å². The van der Waals surface area contributed by atoms with E-state index in [0.29, 0.717) is 16.4 Å². The number of carbonyl (C=O) groups excluding carboxylic acids is 2. The Hall–Kier alpha value is -2.53. The number of rotatable bonds is 3. The molecule has 1 N–H and O–H groups in total. The van der Waals surface area contributed by atoms with Gasteiger partial charge >= 0.3 is 0 Å². The third-order valence-corrected chi connectivity index (χ3v) is 7.16. The number of fused-ring (bicyclic) bond motifs is 1. The fourth-order valence-corrected chi connectivity index (χ4v) is 5.32. The number of likely N-dealkylation sites (N-methyl/N-ethyl adjacent to an activating group) is 1. The summed E-state index contributed by atoms with van der Waals surface area (Å²) in [6.07, 6.45) is 6.56. The number of amides is 2. The van der Waals surface area contributed by atoms with Crippen LogP contribution in [0, 0.1) is 12.8 Å². The highest BCUT2D eigenvalue weighted by Gasteiger charge is 2.28. The Kier molecular flexibility index (Phi) is 6.00. The van der Waals surface area contributed by atoms with Crippen molar-refractivity contribution in [3.8, 4) is 0 Å². The van der Waals surface area contributed by atoms with Crippen LogP contribution >= 0.6 is 11.8 Å². The standard InChI is InChI=1S/C25H28N2O2S/c1-16-7-6-9-18(13-16)14-23-25(29)27(3)21-15-19(11-12-22(21)30-23)24(28)26-20-10-5-4-8-17(20)2/h6-7,9,11-15,17,20H,4-5,8,10H2,1-3H3,(H,26,28)/b23-14-. The number of carbonyl (C=O) groups is 2. The van der Waals surface area contributed by atoms with Gasteiger partial charge < -0.3 is 10.2 Å². The SMILES string of the molecule is Cc1cccc(/C=C2\Sc3ccc(C(=O)NC4CCCCC4C)cc3N(C)C2=O)c1. The minimum atomic E-state index is -0.0523. The second kappa shape index (κ2) is 8.68. The smallest absolute Gasteiger partial charge is 0.264 e. The average Bonchev–Trinajstić information content (AvgIpc) is 2.73. The molecule has 156 valence electrons. The van der Waals surface area contributed by atoms with E-state index >= 15 is 0 Å². The topological polar surface area (TPSA) is 49.4 Å². The van der Waals surface area contributed by atoms with Crippen molar-refractivity contribution < 1.29 is 9.59 Å². The fraction of sp³-hybridized carbons (Fsp3) is 0.360. The molecule has 2 unspecified atom stereocenters. The maximum Gasteiger partial charge on any atom is 0.264 e. The molecule has 2 atom stereocenters. The van der Waals surface area contributed by atoms with Crippen LogP contribution in [0.15, 0.2) is 52.3 Å². The van der Waals surface area contributed by atoms with E-state index in [2.05, 4.69) is 18.3 Å². The van der Waals surface area contributed by atoms with Crippen LogP contribution in [0.5, 0.6) is 0 Å². The highest BCUT2D eigenvalue weighted by Crippen LogP contribution is 2.42. The Bertz CT molecular complexity index is 1010. The Morgan fingerprint density at radius 1 is 1.17 bits per heavy atom. The summed E-state index contributed by atoms with van der Waals surface area (Å²) in [5.41, 5.74) is 3.57. The van der Waals surface area contributed by atoms with Gasteiger partial charge in [0.15, 0.2) is 0 Å². The first-order chi connectivity index (χ1) is 14.4. The number of anilines is 1. The number of aryl methyl sites for hydroxylation is 1. The molecule has 4 nitrogen and oxygen atoms in total. The van der Waals surface area contributed by atoms with Crippen molar-refractivity contribution in [3.05, 3.63) is 64.1 Å². The molecule has 1 saturated carbocycles. The number of nitrogens with one attached hydrogen (secondary N) is 1. The predicted molar refractivity (Wildman–Crippen MR) is 124 cm³/mol. The van der Waals surface area contributed by atoms with Crippen molar-refractivity contribution >= 4 is 35.3 Å². The lowest BCUT2D eigenvalue weighted by Gasteiger charge is -2.30. The predicted octanol–water partition coefficient (Wildman–Crippen LogP) is 5.41. The van der Waals surface area contributed by atoms with Crippen LogP contribution in [0.25, 0.3) is 6.08 Å². The van der Waals surface area contributed by atoms with Crippen LogP contribution < -0.4 is 10.2 Å². The Labute approximate surface area is 182 Å². The minimum absolute atomic E-state index is 0.0486. The highest BCUT2D eigenvalue weighted by molar-refractivity contribution is 8.04. The van der Waals surface area contributed by atoms with Crippen LogP contribution in [0.2, 0.25) is 0 Å². The second-order valence-corrected chi connectivity index (χ2v) is 9.50. The molecule has 0 bridgehead atoms. The molecule has 5 heteroatoms. The lowest BCUT2D eigenvalue weighted by Crippen LogP contribution is -2.41. The molecule has 2 aromatic rings. The number of hydrogen-bond acceptors (Lipinski definition) is 3. The summed E-state index contributed by atoms with van der Waals surface area (Å²) < 4.78 is 0. The first-order valence-corrected chi connectivity index (χ1v) is 11.4. The quantitative estimate of drug-likeness (QED) is 0.675. The summed E-state index contributed by atoms with van der Waals surface area (Å²) in [4.78, 5) is 29.1. The molecule has 2 aromatic carbocycles. The van der Waals surface area contributed by atoms with E-state index in [1.165, 1.54) is 31.0 Å². The molecule has 1 fully saturated rings. The van der Waals surface area contributed by atoms with E-state index in [1.807, 2.05) is 49.4 Å². The summed E-state index contributed by atoms with van der Waals surface area (Å²) in [6, 6.07) is 14.0. The zero-order valence-corrected chi connectivity index (χ0v) is 18.6. The molecule has 0 spiro atoms. The van der Waals surface area contributed by atoms with E-state index < -0.39 is 0 Å². The van der Waals surface area contributed by atoms with Crippen molar-refractivity contribution in [1.82, 2.24) is 5.32 Å². The van der Waals surface area contributed by atoms with Gasteiger partial charge in [-0.3, -0.25) is 9.59 Å². The van der Waals surface area contributed by atoms with E-state index in [1.54, 1.807) is 11.9 Å². The minimum Gasteiger partial charge on any atom is -0.349 e. The van der Waals surface area contributed by atoms with Gasteiger partial charge in [0.05, 0.1) is 10.6 Å². The Morgan fingerprint density at radius 3 is 2.73 bits per heavy atom. The van der Waals surface area contributed by atoms with Gasteiger partial charge in [-0.05, 0) is 55.5 Å². The molecule has 4 rings (SSSR count). The monoisotopic (exact) mass is 420 g/mol. The van der Waals surface area contributed by atoms with Crippen molar-refractivity contribution in [2.75, 3.05) is 11.9 Å². The molecule has 2 aliphatic rings. The molecular formula is C25H28N2O2S. The van der Waals surface area contributed by atoms with Gasteiger partial charge in [-0.2, -0.15) is 0 Å². The van der Waals surface area contributed by atoms with E-state index in [-0.39, 0.29) is 17.9 Å². The summed E-state index contributed by atoms with van der Waals surface area (Å²) in [5, 5.41) is 3.20. The van der Waals surface area contributed by atoms with E-state index in [9.17, 15) is 9.59 Å². The normalized spacial score (nSPS) is 22.7. The molecule has 0 radical (unpaired) electrons. The molecule has 30 heavy (non-hydrogen) atoms. The molecule has 1 heterocycles. The maximum atomic E-state index is 13.0. The van der Waals surface area contributed by atoms with Gasteiger partial charge in [0, 0.05) is 23.5 Å². The summed E-state index contributed by atoms with van der Waals surface area (Å²) >= 11 is 1.46. The Morgan fingerprint density at radius 2 is 1.97 bits per heavy atom. The van der Waals surface area contributed by atoms with E-state index in [4.69, 9.17) is 0 Å². The van der Waals surface area contributed by atoms with Gasteiger partial charge in [0.25, 0.3) is 11.8 Å². The average molecular weight is 421 g/mol. The molecule has 2 amide bonds. The second-order valence-electron chi connectivity index (χ2n) is 8.41. The summed E-state index contributed by atoms with van der Waals surface area (Å²) in [6.45, 7) is 4.25.